The Morgan fingerprint density at radius 2 is 1.28 bits per heavy atom. The smallest absolute Gasteiger partial charge is 0.377 e. The molecule has 7 aliphatic heterocycles. The van der Waals surface area contributed by atoms with E-state index < -0.39 is 204 Å². The van der Waals surface area contributed by atoms with Gasteiger partial charge in [0.25, 0.3) is 0 Å². The van der Waals surface area contributed by atoms with Crippen LogP contribution in [0.3, 0.4) is 0 Å². The van der Waals surface area contributed by atoms with Crippen LogP contribution < -0.4 is 16.0 Å². The Bertz CT molecular complexity index is 3760. The second-order valence-corrected chi connectivity index (χ2v) is 31.7. The Morgan fingerprint density at radius 1 is 0.642 bits per heavy atom. The lowest BCUT2D eigenvalue weighted by molar-refractivity contribution is -0.161. The number of rotatable bonds is 9. The minimum absolute atomic E-state index is 0.0319. The first-order valence-electron chi connectivity index (χ1n) is 38.4. The summed E-state index contributed by atoms with van der Waals surface area (Å²) in [5.41, 5.74) is -3.53. The normalized spacial score (nSPS) is 28.0. The topological polar surface area (TPSA) is 279 Å². The zero-order valence-electron chi connectivity index (χ0n) is 64.7. The average Bonchev–Trinajstić information content (AvgIpc) is 1.20. The Hall–Kier alpha value is -8.83. The molecular weight excluding hydrogens is 1420 g/mol. The van der Waals surface area contributed by atoms with E-state index in [9.17, 15) is 27.6 Å². The molecule has 2 saturated heterocycles. The minimum Gasteiger partial charge on any atom is -0.377 e. The number of likely N-dealkylation sites (tertiary alicyclic amines) is 1. The fraction of sp³-hybridized carbons (Fsp3) is 0.646. The third-order valence-corrected chi connectivity index (χ3v) is 23.2. The van der Waals surface area contributed by atoms with Gasteiger partial charge < -0.3 is 64.8 Å². The van der Waals surface area contributed by atoms with Crippen molar-refractivity contribution in [2.45, 2.75) is 223 Å². The molecule has 598 valence electrons. The largest absolute Gasteiger partial charge is 0.422 e. The number of hydrogen-bond acceptors (Lipinski definition) is 13. The van der Waals surface area contributed by atoms with Gasteiger partial charge >= 0.3 is 6.18 Å². The van der Waals surface area contributed by atoms with Crippen molar-refractivity contribution in [2.24, 2.45) is 17.3 Å². The molecule has 2 saturated carbocycles. The molecule has 0 unspecified atom stereocenters. The highest BCUT2D eigenvalue weighted by Gasteiger charge is 2.59. The second-order valence-electron chi connectivity index (χ2n) is 31.7. The number of fused-ring (bicyclic) bond motifs is 22. The second kappa shape index (κ2) is 35.9. The molecule has 1 spiro atoms. The molecule has 109 heavy (non-hydrogen) atoms. The summed E-state index contributed by atoms with van der Waals surface area (Å²) in [4.78, 5) is 195. The summed E-state index contributed by atoms with van der Waals surface area (Å²) in [5.74, 6) is -13.7. The number of benzene rings is 2. The van der Waals surface area contributed by atoms with Gasteiger partial charge in [0.2, 0.25) is 70.9 Å². The highest BCUT2D eigenvalue weighted by Crippen LogP contribution is 2.50. The highest BCUT2D eigenvalue weighted by molar-refractivity contribution is 6.01. The number of nitrogens with one attached hydrogen (secondary N) is 3. The number of alkyl halides is 3. The highest BCUT2D eigenvalue weighted by atomic mass is 19.4. The molecule has 2 aromatic rings. The van der Waals surface area contributed by atoms with E-state index in [4.69, 9.17) is 4.74 Å². The zero-order chi connectivity index (χ0) is 79.7. The fourth-order valence-corrected chi connectivity index (χ4v) is 17.0. The van der Waals surface area contributed by atoms with Crippen molar-refractivity contribution in [2.75, 3.05) is 88.2 Å². The predicted molar refractivity (Wildman–Crippen MR) is 393 cm³/mol. The lowest BCUT2D eigenvalue weighted by atomic mass is 9.58. The van der Waals surface area contributed by atoms with Crippen LogP contribution in [0.25, 0.3) is 6.08 Å². The molecule has 10 atom stereocenters. The summed E-state index contributed by atoms with van der Waals surface area (Å²) in [7, 11) is 8.37. The standard InChI is InChI=1S/C79H109F5N12O13/c1-12-48(3)66-74(106)89(7)45-64(99)91(9)58-28-18-15-21-37-95(73(58)105)61-40-50-31-29-49(30-32-50)24-16-14-17-27-57(68(100)86-66)90(8)63(98)42-60(72(104)94-35-22-23-36-94)92(10)75(107)67(52-25-19-20-26-52)93(11)76(108)78(46-77(4,5)47-78)87-69(101)59-41-53(109-13-2)43-96(59)70(102)56(85-62(97)44-88(6)71(61)103)34-33-51-38-54(80)65(55(81)39-51)79(82,83)84/h15-16,18,24,29-32,38-39,48,52-53,56-61,66-67H,12-14,17,19-23,25-28,33-37,40-47H2,1-11H3,(H,85,97)(H,86,100)(H,87,101)/b18-15-,24-16-/t48-,53+,56-,57-,58-,59-,60-,61-,66-,67-/m0/s1. The van der Waals surface area contributed by atoms with Crippen LogP contribution in [0, 0.1) is 28.9 Å². The maximum absolute atomic E-state index is 15.9. The Balaban J connectivity index is 1.18. The lowest BCUT2D eigenvalue weighted by Gasteiger charge is -2.54. The van der Waals surface area contributed by atoms with Crippen molar-refractivity contribution < 1.29 is 84.2 Å². The first-order chi connectivity index (χ1) is 51.5. The van der Waals surface area contributed by atoms with Crippen molar-refractivity contribution >= 4 is 77.0 Å². The summed E-state index contributed by atoms with van der Waals surface area (Å²) >= 11 is 0. The number of allylic oxidation sites excluding steroid dienone is 1. The van der Waals surface area contributed by atoms with Crippen LogP contribution in [0.15, 0.2) is 54.6 Å². The van der Waals surface area contributed by atoms with Gasteiger partial charge in [-0.15, -0.1) is 0 Å². The summed E-state index contributed by atoms with van der Waals surface area (Å²) in [6, 6.07) is -3.07. The van der Waals surface area contributed by atoms with Gasteiger partial charge in [-0.3, -0.25) is 57.5 Å². The first kappa shape index (κ1) is 84.2. The Labute approximate surface area is 635 Å². The van der Waals surface area contributed by atoms with Gasteiger partial charge in [0, 0.05) is 87.9 Å². The number of hydrogen-bond donors (Lipinski definition) is 3. The first-order valence-corrected chi connectivity index (χ1v) is 38.4. The van der Waals surface area contributed by atoms with E-state index in [1.807, 2.05) is 32.9 Å². The Kier molecular flexibility index (Phi) is 27.7. The molecule has 4 fully saturated rings. The molecule has 2 aromatic carbocycles. The minimum atomic E-state index is -5.42. The fourth-order valence-electron chi connectivity index (χ4n) is 17.0. The zero-order valence-corrected chi connectivity index (χ0v) is 64.7. The molecule has 0 aromatic heterocycles. The molecule has 6 bridgehead atoms. The number of aryl methyl sites for hydroxylation is 1. The van der Waals surface area contributed by atoms with Gasteiger partial charge in [-0.1, -0.05) is 95.5 Å². The Morgan fingerprint density at radius 3 is 1.91 bits per heavy atom. The number of carbonyl (C=O) groups excluding carboxylic acids is 12. The van der Waals surface area contributed by atoms with Crippen LogP contribution >= 0.6 is 0 Å². The van der Waals surface area contributed by atoms with Gasteiger partial charge in [-0.25, -0.2) is 8.78 Å². The van der Waals surface area contributed by atoms with Crippen LogP contribution in [0.5, 0.6) is 0 Å². The summed E-state index contributed by atoms with van der Waals surface area (Å²) in [6.45, 7) is 8.05. The third kappa shape index (κ3) is 19.7. The van der Waals surface area contributed by atoms with Crippen LogP contribution in [-0.4, -0.2) is 263 Å². The molecule has 11 rings (SSSR count). The van der Waals surface area contributed by atoms with E-state index in [0.717, 1.165) is 14.7 Å². The maximum Gasteiger partial charge on any atom is 0.422 e. The van der Waals surface area contributed by atoms with Gasteiger partial charge in [-0.05, 0) is 136 Å². The molecule has 25 nitrogen and oxygen atoms in total. The number of amides is 12. The van der Waals surface area contributed by atoms with Crippen molar-refractivity contribution in [3.63, 3.8) is 0 Å². The third-order valence-electron chi connectivity index (χ3n) is 23.2. The molecule has 9 aliphatic rings. The van der Waals surface area contributed by atoms with Gasteiger partial charge in [-0.2, -0.15) is 13.2 Å². The summed E-state index contributed by atoms with van der Waals surface area (Å²) < 4.78 is 78.4. The molecular formula is C79H109F5N12O13. The van der Waals surface area contributed by atoms with Crippen molar-refractivity contribution in [1.29, 1.82) is 0 Å². The van der Waals surface area contributed by atoms with Crippen LogP contribution in [0.2, 0.25) is 0 Å². The van der Waals surface area contributed by atoms with E-state index >= 15 is 51.9 Å². The van der Waals surface area contributed by atoms with E-state index in [1.54, 1.807) is 55.2 Å². The number of nitrogens with zero attached hydrogens (tertiary/aromatic N) is 9. The predicted octanol–water partition coefficient (Wildman–Crippen LogP) is 6.04. The van der Waals surface area contributed by atoms with E-state index in [1.165, 1.54) is 66.8 Å². The average molecular weight is 1530 g/mol. The molecule has 7 heterocycles. The van der Waals surface area contributed by atoms with Crippen LogP contribution in [-0.2, 0) is 81.3 Å². The number of likely N-dealkylation sites (N-methyl/N-ethyl adjacent to an activating group) is 6. The number of ether oxygens (including phenoxy) is 1. The van der Waals surface area contributed by atoms with E-state index in [0.29, 0.717) is 94.1 Å². The van der Waals surface area contributed by atoms with E-state index in [-0.39, 0.29) is 70.2 Å². The van der Waals surface area contributed by atoms with Crippen molar-refractivity contribution in [3.05, 3.63) is 88.5 Å². The molecule has 2 aliphatic carbocycles. The number of halogens is 5. The van der Waals surface area contributed by atoms with Gasteiger partial charge in [0.1, 0.15) is 71.1 Å². The van der Waals surface area contributed by atoms with Crippen molar-refractivity contribution in [3.8, 4) is 0 Å². The quantitative estimate of drug-likeness (QED) is 0.147. The lowest BCUT2D eigenvalue weighted by Crippen LogP contribution is -2.71. The molecule has 0 radical (unpaired) electrons. The SMILES string of the molecule is CCO[C@@H]1C[C@H]2C(=O)NC3(CC(C)(C)C3)C(=O)N(C)[C@@H](C3CCCC3)C(=O)N(C)[C@H](C(=O)N3CCCC3)CC(=O)N(C)[C@H]3CCC/C=C\c4ccc(cc4)C[C@@H](C(=O)N(C)CC(=O)N[C@@H](CCc4cc(F)c(C(F)(F)F)c(F)c4)C(=O)N2C1)N1CC/C=C\C[C@@H](C1=O)N(C)C(=O)CN(C)C(=O)[C@H]([C@@H](C)CC)NC3=O. The molecule has 12 amide bonds. The summed E-state index contributed by atoms with van der Waals surface area (Å²) in [5, 5.41) is 8.61. The van der Waals surface area contributed by atoms with Gasteiger partial charge in [0.05, 0.1) is 25.6 Å². The molecule has 3 N–H and O–H groups in total. The summed E-state index contributed by atoms with van der Waals surface area (Å²) in [6.07, 6.45) is 4.05. The number of carbonyl (C=O) groups is 12. The molecule has 30 heteroatoms. The monoisotopic (exact) mass is 1530 g/mol. The van der Waals surface area contributed by atoms with Crippen molar-refractivity contribution in [1.82, 2.24) is 60.0 Å². The maximum atomic E-state index is 15.9. The van der Waals surface area contributed by atoms with Crippen LogP contribution in [0.1, 0.15) is 166 Å². The van der Waals surface area contributed by atoms with E-state index in [2.05, 4.69) is 16.0 Å². The van der Waals surface area contributed by atoms with Crippen LogP contribution in [0.4, 0.5) is 22.0 Å². The van der Waals surface area contributed by atoms with Gasteiger partial charge in [0.15, 0.2) is 0 Å².